The van der Waals surface area contributed by atoms with Crippen LogP contribution in [0, 0.1) is 0 Å². The van der Waals surface area contributed by atoms with Gasteiger partial charge in [0, 0.05) is 55.3 Å². The minimum Gasteiger partial charge on any atom is -0.366 e. The topological polar surface area (TPSA) is 75.4 Å². The molecular formula is C25H22BrF3N6O. The van der Waals surface area contributed by atoms with E-state index in [1.54, 1.807) is 28.0 Å². The van der Waals surface area contributed by atoms with Crippen molar-refractivity contribution < 1.29 is 18.0 Å². The molecule has 0 spiro atoms. The standard InChI is InChI=1S/C25H22BrF3N6O/c26-20-15-32-35-22(31-14-16-3-2-8-30-13-16)12-21(33-23(20)35)17-6-9-34(10-7-17)24(36)18-4-1-5-19(11-18)25(27,28)29/h1-5,8,11-13,15,17,31H,6-7,9-10,14H2. The Balaban J connectivity index is 1.32. The van der Waals surface area contributed by atoms with Gasteiger partial charge in [-0.1, -0.05) is 12.1 Å². The number of alkyl halides is 3. The highest BCUT2D eigenvalue weighted by Gasteiger charge is 2.32. The number of hydrogen-bond donors (Lipinski definition) is 1. The van der Waals surface area contributed by atoms with E-state index in [-0.39, 0.29) is 17.4 Å². The van der Waals surface area contributed by atoms with E-state index in [4.69, 9.17) is 4.98 Å². The zero-order valence-corrected chi connectivity index (χ0v) is 20.6. The fraction of sp³-hybridized carbons (Fsp3) is 0.280. The number of hydrogen-bond acceptors (Lipinski definition) is 5. The summed E-state index contributed by atoms with van der Waals surface area (Å²) in [6.45, 7) is 1.44. The third-order valence-electron chi connectivity index (χ3n) is 6.28. The van der Waals surface area contributed by atoms with Gasteiger partial charge in [0.05, 0.1) is 16.2 Å². The first kappa shape index (κ1) is 24.2. The summed E-state index contributed by atoms with van der Waals surface area (Å²) in [6, 6.07) is 10.4. The van der Waals surface area contributed by atoms with Crippen molar-refractivity contribution in [1.82, 2.24) is 24.5 Å². The molecule has 0 atom stereocenters. The van der Waals surface area contributed by atoms with E-state index in [1.807, 2.05) is 18.2 Å². The summed E-state index contributed by atoms with van der Waals surface area (Å²) in [5.74, 6) is 0.494. The number of pyridine rings is 1. The Bertz CT molecular complexity index is 1380. The molecule has 5 rings (SSSR count). The lowest BCUT2D eigenvalue weighted by atomic mass is 9.92. The van der Waals surface area contributed by atoms with Crippen LogP contribution in [0.3, 0.4) is 0 Å². The number of nitrogens with one attached hydrogen (secondary N) is 1. The van der Waals surface area contributed by atoms with E-state index in [1.165, 1.54) is 12.1 Å². The van der Waals surface area contributed by atoms with E-state index in [2.05, 4.69) is 31.3 Å². The molecule has 1 N–H and O–H groups in total. The van der Waals surface area contributed by atoms with Crippen molar-refractivity contribution in [2.75, 3.05) is 18.4 Å². The normalized spacial score (nSPS) is 14.8. The van der Waals surface area contributed by atoms with Crippen molar-refractivity contribution in [2.45, 2.75) is 31.5 Å². The molecule has 1 aliphatic heterocycles. The van der Waals surface area contributed by atoms with Crippen LogP contribution in [0.1, 0.15) is 45.9 Å². The van der Waals surface area contributed by atoms with E-state index in [0.29, 0.717) is 38.1 Å². The number of halogens is 4. The van der Waals surface area contributed by atoms with Crippen molar-refractivity contribution in [3.8, 4) is 0 Å². The van der Waals surface area contributed by atoms with Crippen LogP contribution in [-0.4, -0.2) is 43.5 Å². The number of amides is 1. The summed E-state index contributed by atoms with van der Waals surface area (Å²) >= 11 is 3.51. The van der Waals surface area contributed by atoms with Crippen molar-refractivity contribution in [1.29, 1.82) is 0 Å². The largest absolute Gasteiger partial charge is 0.416 e. The summed E-state index contributed by atoms with van der Waals surface area (Å²) in [7, 11) is 0. The number of nitrogens with zero attached hydrogens (tertiary/aromatic N) is 5. The molecule has 11 heteroatoms. The highest BCUT2D eigenvalue weighted by Crippen LogP contribution is 2.32. The number of piperidine rings is 1. The van der Waals surface area contributed by atoms with Gasteiger partial charge in [-0.3, -0.25) is 9.78 Å². The van der Waals surface area contributed by atoms with E-state index in [9.17, 15) is 18.0 Å². The average Bonchev–Trinajstić information content (AvgIpc) is 3.28. The van der Waals surface area contributed by atoms with Gasteiger partial charge in [0.25, 0.3) is 5.91 Å². The van der Waals surface area contributed by atoms with Gasteiger partial charge in [0.2, 0.25) is 0 Å². The van der Waals surface area contributed by atoms with E-state index in [0.717, 1.165) is 33.7 Å². The van der Waals surface area contributed by atoms with Crippen LogP contribution in [0.4, 0.5) is 19.0 Å². The predicted octanol–water partition coefficient (Wildman–Crippen LogP) is 5.54. The third kappa shape index (κ3) is 5.06. The first-order valence-electron chi connectivity index (χ1n) is 11.4. The van der Waals surface area contributed by atoms with Crippen LogP contribution in [0.15, 0.2) is 65.5 Å². The highest BCUT2D eigenvalue weighted by atomic mass is 79.9. The monoisotopic (exact) mass is 558 g/mol. The van der Waals surface area contributed by atoms with Gasteiger partial charge in [-0.15, -0.1) is 0 Å². The Morgan fingerprint density at radius 1 is 1.11 bits per heavy atom. The lowest BCUT2D eigenvalue weighted by molar-refractivity contribution is -0.137. The van der Waals surface area contributed by atoms with Crippen LogP contribution in [-0.2, 0) is 12.7 Å². The Labute approximate surface area is 213 Å². The van der Waals surface area contributed by atoms with Gasteiger partial charge in [0.1, 0.15) is 5.82 Å². The molecule has 1 aliphatic rings. The molecule has 0 saturated carbocycles. The molecule has 0 radical (unpaired) electrons. The Hall–Kier alpha value is -3.47. The minimum atomic E-state index is -4.49. The maximum Gasteiger partial charge on any atom is 0.416 e. The molecule has 186 valence electrons. The Morgan fingerprint density at radius 2 is 1.92 bits per heavy atom. The van der Waals surface area contributed by atoms with Crippen molar-refractivity contribution >= 4 is 33.3 Å². The SMILES string of the molecule is O=C(c1cccc(C(F)(F)F)c1)N1CCC(c2cc(NCc3cccnc3)n3ncc(Br)c3n2)CC1. The fourth-order valence-electron chi connectivity index (χ4n) is 4.37. The predicted molar refractivity (Wildman–Crippen MR) is 132 cm³/mol. The van der Waals surface area contributed by atoms with Crippen LogP contribution >= 0.6 is 15.9 Å². The molecule has 1 fully saturated rings. The molecule has 1 aromatic carbocycles. The smallest absolute Gasteiger partial charge is 0.366 e. The molecule has 1 saturated heterocycles. The summed E-state index contributed by atoms with van der Waals surface area (Å²) < 4.78 is 41.7. The number of rotatable bonds is 5. The maximum absolute atomic E-state index is 13.1. The second-order valence-electron chi connectivity index (χ2n) is 8.65. The summed E-state index contributed by atoms with van der Waals surface area (Å²) in [4.78, 5) is 23.5. The fourth-order valence-corrected chi connectivity index (χ4v) is 4.72. The third-order valence-corrected chi connectivity index (χ3v) is 6.84. The quantitative estimate of drug-likeness (QED) is 0.348. The number of carbonyl (C=O) groups excluding carboxylic acids is 1. The zero-order valence-electron chi connectivity index (χ0n) is 19.0. The molecule has 1 amide bonds. The number of anilines is 1. The Kier molecular flexibility index (Phi) is 6.65. The highest BCUT2D eigenvalue weighted by molar-refractivity contribution is 9.10. The van der Waals surface area contributed by atoms with E-state index >= 15 is 0 Å². The molecule has 36 heavy (non-hydrogen) atoms. The van der Waals surface area contributed by atoms with Crippen LogP contribution in [0.5, 0.6) is 0 Å². The maximum atomic E-state index is 13.1. The van der Waals surface area contributed by atoms with Gasteiger partial charge in [-0.25, -0.2) is 4.98 Å². The molecule has 3 aromatic heterocycles. The van der Waals surface area contributed by atoms with Gasteiger partial charge in [0.15, 0.2) is 5.65 Å². The number of likely N-dealkylation sites (tertiary alicyclic amines) is 1. The van der Waals surface area contributed by atoms with E-state index < -0.39 is 11.7 Å². The summed E-state index contributed by atoms with van der Waals surface area (Å²) in [6.07, 6.45) is 2.03. The number of fused-ring (bicyclic) bond motifs is 1. The second kappa shape index (κ2) is 9.88. The molecule has 0 unspecified atom stereocenters. The first-order chi connectivity index (χ1) is 17.3. The Morgan fingerprint density at radius 3 is 2.64 bits per heavy atom. The van der Waals surface area contributed by atoms with Crippen molar-refractivity contribution in [2.24, 2.45) is 0 Å². The van der Waals surface area contributed by atoms with Gasteiger partial charge < -0.3 is 10.2 Å². The van der Waals surface area contributed by atoms with Crippen molar-refractivity contribution in [3.05, 3.63) is 87.9 Å². The van der Waals surface area contributed by atoms with Crippen molar-refractivity contribution in [3.63, 3.8) is 0 Å². The van der Waals surface area contributed by atoms with Gasteiger partial charge in [-0.2, -0.15) is 22.8 Å². The number of aromatic nitrogens is 4. The summed E-state index contributed by atoms with van der Waals surface area (Å²) in [5, 5.41) is 7.81. The lowest BCUT2D eigenvalue weighted by Gasteiger charge is -2.32. The van der Waals surface area contributed by atoms with Crippen LogP contribution in [0.25, 0.3) is 5.65 Å². The molecule has 7 nitrogen and oxygen atoms in total. The van der Waals surface area contributed by atoms with Gasteiger partial charge >= 0.3 is 6.18 Å². The zero-order chi connectivity index (χ0) is 25.3. The minimum absolute atomic E-state index is 0.0490. The van der Waals surface area contributed by atoms with Gasteiger partial charge in [-0.05, 0) is 58.6 Å². The molecular weight excluding hydrogens is 537 g/mol. The van der Waals surface area contributed by atoms with Crippen LogP contribution < -0.4 is 5.32 Å². The van der Waals surface area contributed by atoms with Crippen LogP contribution in [0.2, 0.25) is 0 Å². The molecule has 0 aliphatic carbocycles. The molecule has 4 heterocycles. The summed E-state index contributed by atoms with van der Waals surface area (Å²) in [5.41, 5.74) is 1.81. The first-order valence-corrected chi connectivity index (χ1v) is 12.2. The second-order valence-corrected chi connectivity index (χ2v) is 9.51. The molecule has 0 bridgehead atoms. The number of benzene rings is 1. The lowest BCUT2D eigenvalue weighted by Crippen LogP contribution is -2.38. The molecule has 4 aromatic rings. The average molecular weight is 559 g/mol. The number of carbonyl (C=O) groups is 1.